The summed E-state index contributed by atoms with van der Waals surface area (Å²) in [4.78, 5) is 13.4. The number of urea groups is 1. The smallest absolute Gasteiger partial charge is 0.317 e. The molecule has 1 unspecified atom stereocenters. The van der Waals surface area contributed by atoms with E-state index in [1.165, 1.54) is 0 Å². The average Bonchev–Trinajstić information content (AvgIpc) is 2.35. The van der Waals surface area contributed by atoms with Crippen LogP contribution < -0.4 is 5.32 Å². The van der Waals surface area contributed by atoms with E-state index in [-0.39, 0.29) is 12.1 Å². The predicted octanol–water partition coefficient (Wildman–Crippen LogP) is 3.23. The van der Waals surface area contributed by atoms with Gasteiger partial charge in [-0.3, -0.25) is 0 Å². The van der Waals surface area contributed by atoms with E-state index in [0.29, 0.717) is 11.6 Å². The highest BCUT2D eigenvalue weighted by Crippen LogP contribution is 2.20. The van der Waals surface area contributed by atoms with Gasteiger partial charge >= 0.3 is 6.03 Å². The van der Waals surface area contributed by atoms with Crippen LogP contribution in [0.15, 0.2) is 36.9 Å². The summed E-state index contributed by atoms with van der Waals surface area (Å²) in [5.41, 5.74) is 1.05. The molecule has 4 heteroatoms. The second-order valence-electron chi connectivity index (χ2n) is 3.81. The predicted molar refractivity (Wildman–Crippen MR) is 71.2 cm³/mol. The molecule has 0 aliphatic heterocycles. The number of carbonyl (C=O) groups is 1. The van der Waals surface area contributed by atoms with Crippen molar-refractivity contribution in [3.63, 3.8) is 0 Å². The van der Waals surface area contributed by atoms with Gasteiger partial charge in [0.25, 0.3) is 0 Å². The zero-order chi connectivity index (χ0) is 12.8. The molecule has 0 radical (unpaired) electrons. The summed E-state index contributed by atoms with van der Waals surface area (Å²) in [6, 6.07) is 7.37. The van der Waals surface area contributed by atoms with Crippen molar-refractivity contribution in [2.24, 2.45) is 0 Å². The van der Waals surface area contributed by atoms with Gasteiger partial charge in [-0.1, -0.05) is 29.8 Å². The molecule has 0 aliphatic rings. The van der Waals surface area contributed by atoms with Crippen LogP contribution in [0.25, 0.3) is 0 Å². The Hall–Kier alpha value is -1.48. The molecule has 0 heterocycles. The minimum absolute atomic E-state index is 0.00270. The maximum atomic E-state index is 11.7. The standard InChI is InChI=1S/C13H17ClN2O/c1-4-9-15-13(17)16(3)10(2)11-5-7-12(14)8-6-11/h4-8,10H,1,9H2,2-3H3,(H,15,17). The third-order valence-corrected chi connectivity index (χ3v) is 2.90. The lowest BCUT2D eigenvalue weighted by Gasteiger charge is -2.25. The van der Waals surface area contributed by atoms with Crippen LogP contribution in [0.1, 0.15) is 18.5 Å². The molecule has 0 saturated carbocycles. The molecule has 1 N–H and O–H groups in total. The first-order valence-electron chi connectivity index (χ1n) is 5.43. The maximum Gasteiger partial charge on any atom is 0.317 e. The molecule has 2 amide bonds. The van der Waals surface area contributed by atoms with Gasteiger partial charge in [-0.25, -0.2) is 4.79 Å². The monoisotopic (exact) mass is 252 g/mol. The number of hydrogen-bond acceptors (Lipinski definition) is 1. The van der Waals surface area contributed by atoms with Gasteiger partial charge in [-0.15, -0.1) is 6.58 Å². The van der Waals surface area contributed by atoms with Gasteiger partial charge in [0, 0.05) is 18.6 Å². The van der Waals surface area contributed by atoms with E-state index in [9.17, 15) is 4.79 Å². The van der Waals surface area contributed by atoms with E-state index < -0.39 is 0 Å². The fraction of sp³-hybridized carbons (Fsp3) is 0.308. The van der Waals surface area contributed by atoms with Crippen LogP contribution in [-0.4, -0.2) is 24.5 Å². The van der Waals surface area contributed by atoms with Crippen molar-refractivity contribution in [2.75, 3.05) is 13.6 Å². The Bertz CT molecular complexity index is 389. The normalized spacial score (nSPS) is 11.7. The van der Waals surface area contributed by atoms with E-state index in [0.717, 1.165) is 5.56 Å². The van der Waals surface area contributed by atoms with Crippen molar-refractivity contribution in [3.05, 3.63) is 47.5 Å². The molecular weight excluding hydrogens is 236 g/mol. The second kappa shape index (κ2) is 6.30. The number of benzene rings is 1. The SMILES string of the molecule is C=CCNC(=O)N(C)C(C)c1ccc(Cl)cc1. The van der Waals surface area contributed by atoms with Gasteiger partial charge in [0.1, 0.15) is 0 Å². The minimum Gasteiger partial charge on any atom is -0.335 e. The second-order valence-corrected chi connectivity index (χ2v) is 4.25. The molecule has 0 bridgehead atoms. The van der Waals surface area contributed by atoms with Gasteiger partial charge in [0.05, 0.1) is 6.04 Å². The van der Waals surface area contributed by atoms with E-state index >= 15 is 0 Å². The summed E-state index contributed by atoms with van der Waals surface area (Å²) in [5, 5.41) is 3.43. The van der Waals surface area contributed by atoms with E-state index in [2.05, 4.69) is 11.9 Å². The van der Waals surface area contributed by atoms with Crippen molar-refractivity contribution in [3.8, 4) is 0 Å². The van der Waals surface area contributed by atoms with Crippen LogP contribution in [0.2, 0.25) is 5.02 Å². The molecule has 1 aromatic carbocycles. The number of nitrogens with zero attached hydrogens (tertiary/aromatic N) is 1. The molecule has 1 atom stereocenters. The number of carbonyl (C=O) groups excluding carboxylic acids is 1. The van der Waals surface area contributed by atoms with Crippen molar-refractivity contribution in [2.45, 2.75) is 13.0 Å². The maximum absolute atomic E-state index is 11.7. The molecule has 0 aliphatic carbocycles. The fourth-order valence-electron chi connectivity index (χ4n) is 1.42. The van der Waals surface area contributed by atoms with Crippen molar-refractivity contribution >= 4 is 17.6 Å². The van der Waals surface area contributed by atoms with Gasteiger partial charge in [-0.05, 0) is 24.6 Å². The summed E-state index contributed by atoms with van der Waals surface area (Å²) >= 11 is 5.82. The van der Waals surface area contributed by atoms with Gasteiger partial charge in [-0.2, -0.15) is 0 Å². The van der Waals surface area contributed by atoms with Crippen LogP contribution in [0.3, 0.4) is 0 Å². The van der Waals surface area contributed by atoms with Gasteiger partial charge in [0.2, 0.25) is 0 Å². The van der Waals surface area contributed by atoms with Gasteiger partial charge < -0.3 is 10.2 Å². The number of halogens is 1. The van der Waals surface area contributed by atoms with Crippen molar-refractivity contribution in [1.29, 1.82) is 0 Å². The highest BCUT2D eigenvalue weighted by Gasteiger charge is 2.16. The average molecular weight is 253 g/mol. The molecule has 1 rings (SSSR count). The quantitative estimate of drug-likeness (QED) is 0.820. The van der Waals surface area contributed by atoms with Crippen LogP contribution in [0.4, 0.5) is 4.79 Å². The topological polar surface area (TPSA) is 32.3 Å². The molecule has 3 nitrogen and oxygen atoms in total. The third-order valence-electron chi connectivity index (χ3n) is 2.65. The lowest BCUT2D eigenvalue weighted by molar-refractivity contribution is 0.195. The first kappa shape index (κ1) is 13.6. The Morgan fingerprint density at radius 3 is 2.65 bits per heavy atom. The van der Waals surface area contributed by atoms with Crippen LogP contribution in [0, 0.1) is 0 Å². The number of rotatable bonds is 4. The molecule has 0 fully saturated rings. The Balaban J connectivity index is 2.68. The summed E-state index contributed by atoms with van der Waals surface area (Å²) in [6.07, 6.45) is 1.65. The Morgan fingerprint density at radius 2 is 2.12 bits per heavy atom. The van der Waals surface area contributed by atoms with Crippen molar-refractivity contribution in [1.82, 2.24) is 10.2 Å². The molecule has 0 saturated heterocycles. The molecule has 92 valence electrons. The van der Waals surface area contributed by atoms with Crippen molar-refractivity contribution < 1.29 is 4.79 Å². The number of amides is 2. The summed E-state index contributed by atoms with van der Waals surface area (Å²) in [5.74, 6) is 0. The zero-order valence-corrected chi connectivity index (χ0v) is 10.9. The molecule has 0 spiro atoms. The van der Waals surface area contributed by atoms with E-state index in [1.54, 1.807) is 18.0 Å². The van der Waals surface area contributed by atoms with Gasteiger partial charge in [0.15, 0.2) is 0 Å². The molecular formula is C13H17ClN2O. The minimum atomic E-state index is -0.118. The zero-order valence-electron chi connectivity index (χ0n) is 10.1. The first-order chi connectivity index (χ1) is 8.06. The highest BCUT2D eigenvalue weighted by molar-refractivity contribution is 6.30. The van der Waals surface area contributed by atoms with Crippen LogP contribution in [-0.2, 0) is 0 Å². The number of hydrogen-bond donors (Lipinski definition) is 1. The lowest BCUT2D eigenvalue weighted by Crippen LogP contribution is -2.38. The summed E-state index contributed by atoms with van der Waals surface area (Å²) in [6.45, 7) is 5.99. The summed E-state index contributed by atoms with van der Waals surface area (Å²) in [7, 11) is 1.76. The molecule has 1 aromatic rings. The molecule has 0 aromatic heterocycles. The fourth-order valence-corrected chi connectivity index (χ4v) is 1.55. The van der Waals surface area contributed by atoms with Crippen LogP contribution in [0.5, 0.6) is 0 Å². The largest absolute Gasteiger partial charge is 0.335 e. The van der Waals surface area contributed by atoms with E-state index in [4.69, 9.17) is 11.6 Å². The Labute approximate surface area is 107 Å². The van der Waals surface area contributed by atoms with Crippen LogP contribution >= 0.6 is 11.6 Å². The number of nitrogens with one attached hydrogen (secondary N) is 1. The van der Waals surface area contributed by atoms with E-state index in [1.807, 2.05) is 31.2 Å². The lowest BCUT2D eigenvalue weighted by atomic mass is 10.1. The Kier molecular flexibility index (Phi) is 5.04. The highest BCUT2D eigenvalue weighted by atomic mass is 35.5. The summed E-state index contributed by atoms with van der Waals surface area (Å²) < 4.78 is 0. The first-order valence-corrected chi connectivity index (χ1v) is 5.81. The Morgan fingerprint density at radius 1 is 1.53 bits per heavy atom. The third kappa shape index (κ3) is 3.79. The molecule has 17 heavy (non-hydrogen) atoms.